The van der Waals surface area contributed by atoms with Gasteiger partial charge in [0.2, 0.25) is 5.84 Å². The van der Waals surface area contributed by atoms with E-state index in [1.807, 2.05) is 19.1 Å². The Bertz CT molecular complexity index is 606. The van der Waals surface area contributed by atoms with Gasteiger partial charge in [0.1, 0.15) is 0 Å². The number of amides is 1. The predicted octanol–water partition coefficient (Wildman–Crippen LogP) is 1.18. The van der Waals surface area contributed by atoms with Crippen LogP contribution in [0.4, 0.5) is 0 Å². The van der Waals surface area contributed by atoms with Gasteiger partial charge in [0.05, 0.1) is 0 Å². The van der Waals surface area contributed by atoms with Crippen LogP contribution in [0.1, 0.15) is 22.8 Å². The average Bonchev–Trinajstić information content (AvgIpc) is 2.70. The summed E-state index contributed by atoms with van der Waals surface area (Å²) in [6.45, 7) is 3.58. The van der Waals surface area contributed by atoms with Gasteiger partial charge in [-0.25, -0.2) is 0 Å². The number of nitrogens with zero attached hydrogens (tertiary/aromatic N) is 4. The molecule has 6 heteroatoms. The van der Waals surface area contributed by atoms with Crippen LogP contribution in [-0.2, 0) is 0 Å². The molecule has 0 unspecified atom stereocenters. The highest BCUT2D eigenvalue weighted by Crippen LogP contribution is 2.04. The van der Waals surface area contributed by atoms with Gasteiger partial charge in [-0.1, -0.05) is 17.7 Å². The zero-order chi connectivity index (χ0) is 13.1. The Morgan fingerprint density at radius 3 is 2.50 bits per heavy atom. The largest absolute Gasteiger partial charge is 0.382 e. The van der Waals surface area contributed by atoms with Gasteiger partial charge >= 0.3 is 5.71 Å². The zero-order valence-corrected chi connectivity index (χ0v) is 10.0. The van der Waals surface area contributed by atoms with Crippen molar-refractivity contribution in [3.63, 3.8) is 0 Å². The molecule has 0 radical (unpaired) electrons. The molecular formula is C12H11N5O. The highest BCUT2D eigenvalue weighted by Gasteiger charge is 2.28. The molecule has 0 aromatic heterocycles. The van der Waals surface area contributed by atoms with E-state index in [0.717, 1.165) is 5.56 Å². The minimum atomic E-state index is -0.320. The average molecular weight is 241 g/mol. The molecule has 1 aliphatic rings. The summed E-state index contributed by atoms with van der Waals surface area (Å²) in [6, 6.07) is 7.11. The fourth-order valence-electron chi connectivity index (χ4n) is 1.48. The Morgan fingerprint density at radius 1 is 1.22 bits per heavy atom. The van der Waals surface area contributed by atoms with Crippen LogP contribution in [0, 0.1) is 6.92 Å². The second-order valence-electron chi connectivity index (χ2n) is 3.90. The molecule has 1 amide bonds. The Labute approximate surface area is 104 Å². The van der Waals surface area contributed by atoms with E-state index >= 15 is 0 Å². The number of nitrogens with one attached hydrogen (secondary N) is 1. The van der Waals surface area contributed by atoms with Gasteiger partial charge in [0, 0.05) is 5.56 Å². The van der Waals surface area contributed by atoms with E-state index in [2.05, 4.69) is 20.3 Å². The zero-order valence-electron chi connectivity index (χ0n) is 10.0. The molecule has 1 heterocycles. The normalized spacial score (nSPS) is 13.8. The van der Waals surface area contributed by atoms with Crippen molar-refractivity contribution in [2.24, 2.45) is 10.2 Å². The van der Waals surface area contributed by atoms with Crippen LogP contribution < -0.4 is 5.32 Å². The summed E-state index contributed by atoms with van der Waals surface area (Å²) in [6.07, 6.45) is 0. The van der Waals surface area contributed by atoms with Gasteiger partial charge in [-0.05, 0) is 26.0 Å². The maximum Gasteiger partial charge on any atom is 0.382 e. The molecule has 0 saturated heterocycles. The summed E-state index contributed by atoms with van der Waals surface area (Å²) in [5.41, 5.74) is 11.0. The quantitative estimate of drug-likeness (QED) is 0.580. The molecule has 0 saturated carbocycles. The fourth-order valence-corrected chi connectivity index (χ4v) is 1.48. The van der Waals surface area contributed by atoms with Crippen LogP contribution in [0.15, 0.2) is 34.5 Å². The summed E-state index contributed by atoms with van der Waals surface area (Å²) >= 11 is 0. The summed E-state index contributed by atoms with van der Waals surface area (Å²) in [5.74, 6) is -0.166. The van der Waals surface area contributed by atoms with Crippen molar-refractivity contribution in [3.05, 3.63) is 40.9 Å². The third-order valence-electron chi connectivity index (χ3n) is 2.51. The third kappa shape index (κ3) is 2.23. The molecule has 0 atom stereocenters. The highest BCUT2D eigenvalue weighted by atomic mass is 16.1. The van der Waals surface area contributed by atoms with E-state index in [1.54, 1.807) is 19.1 Å². The third-order valence-corrected chi connectivity index (χ3v) is 2.51. The van der Waals surface area contributed by atoms with Crippen LogP contribution >= 0.6 is 0 Å². The van der Waals surface area contributed by atoms with Crippen LogP contribution in [0.25, 0.3) is 5.53 Å². The van der Waals surface area contributed by atoms with Crippen LogP contribution in [-0.4, -0.2) is 28.0 Å². The second kappa shape index (κ2) is 4.73. The van der Waals surface area contributed by atoms with Crippen LogP contribution in [0.2, 0.25) is 0 Å². The standard InChI is InChI=1S/C12H11N5O/c1-7-3-5-9(6-4-7)12(18)14-11-10(15-13)8(2)16-17-11/h3-6H,1-2H3,(H,14,17,18). The van der Waals surface area contributed by atoms with Crippen LogP contribution in [0.5, 0.6) is 0 Å². The highest BCUT2D eigenvalue weighted by molar-refractivity contribution is 6.68. The monoisotopic (exact) mass is 241 g/mol. The van der Waals surface area contributed by atoms with Crippen LogP contribution in [0.3, 0.4) is 0 Å². The van der Waals surface area contributed by atoms with Gasteiger partial charge in [-0.15, -0.1) is 10.2 Å². The van der Waals surface area contributed by atoms with Crippen molar-refractivity contribution in [3.8, 4) is 0 Å². The van der Waals surface area contributed by atoms with Gasteiger partial charge in [0.25, 0.3) is 5.91 Å². The lowest BCUT2D eigenvalue weighted by Crippen LogP contribution is -2.37. The van der Waals surface area contributed by atoms with Crippen molar-refractivity contribution in [2.45, 2.75) is 13.8 Å². The van der Waals surface area contributed by atoms with Gasteiger partial charge in [-0.2, -0.15) is 4.79 Å². The Hall–Kier alpha value is -2.59. The smallest absolute Gasteiger partial charge is 0.361 e. The lowest BCUT2D eigenvalue weighted by Gasteiger charge is -2.02. The number of benzene rings is 1. The molecule has 1 aromatic carbocycles. The first-order valence-electron chi connectivity index (χ1n) is 5.35. The molecule has 0 spiro atoms. The number of hydrogen-bond donors (Lipinski definition) is 1. The van der Waals surface area contributed by atoms with Crippen molar-refractivity contribution in [2.75, 3.05) is 0 Å². The van der Waals surface area contributed by atoms with E-state index in [0.29, 0.717) is 11.3 Å². The minimum absolute atomic E-state index is 0.153. The minimum Gasteiger partial charge on any atom is -0.361 e. The van der Waals surface area contributed by atoms with Crippen molar-refractivity contribution < 1.29 is 9.58 Å². The van der Waals surface area contributed by atoms with Crippen molar-refractivity contribution >= 4 is 23.2 Å². The summed E-state index contributed by atoms with van der Waals surface area (Å²) in [7, 11) is 0. The topological polar surface area (TPSA) is 90.2 Å². The first-order valence-corrected chi connectivity index (χ1v) is 5.35. The molecule has 1 aromatic rings. The van der Waals surface area contributed by atoms with Gasteiger partial charge in [-0.3, -0.25) is 10.1 Å². The second-order valence-corrected chi connectivity index (χ2v) is 3.90. The molecule has 0 bridgehead atoms. The van der Waals surface area contributed by atoms with E-state index < -0.39 is 0 Å². The Balaban J connectivity index is 2.15. The number of aryl methyl sites for hydroxylation is 1. The molecular weight excluding hydrogens is 230 g/mol. The Morgan fingerprint density at radius 2 is 1.89 bits per heavy atom. The molecule has 1 N–H and O–H groups in total. The molecule has 18 heavy (non-hydrogen) atoms. The summed E-state index contributed by atoms with van der Waals surface area (Å²) in [4.78, 5) is 15.0. The lowest BCUT2D eigenvalue weighted by atomic mass is 10.1. The van der Waals surface area contributed by atoms with E-state index in [1.165, 1.54) is 0 Å². The van der Waals surface area contributed by atoms with E-state index in [9.17, 15) is 4.79 Å². The number of amidine groups is 1. The number of rotatable bonds is 1. The molecule has 90 valence electrons. The predicted molar refractivity (Wildman–Crippen MR) is 67.8 cm³/mol. The van der Waals surface area contributed by atoms with E-state index in [-0.39, 0.29) is 17.5 Å². The molecule has 0 aliphatic carbocycles. The maximum atomic E-state index is 11.9. The van der Waals surface area contributed by atoms with Crippen molar-refractivity contribution in [1.29, 1.82) is 0 Å². The first kappa shape index (κ1) is 11.9. The SMILES string of the molecule is CC1=NN=C(NC(=O)c2ccc(C)cc2)C1=[N+]=[N-]. The molecule has 6 nitrogen and oxygen atoms in total. The Kier molecular flexibility index (Phi) is 3.12. The van der Waals surface area contributed by atoms with Gasteiger partial charge < -0.3 is 5.53 Å². The van der Waals surface area contributed by atoms with E-state index in [4.69, 9.17) is 5.53 Å². The fraction of sp³-hybridized carbons (Fsp3) is 0.167. The lowest BCUT2D eigenvalue weighted by molar-refractivity contribution is 0.00162. The summed E-state index contributed by atoms with van der Waals surface area (Å²) in [5, 5.41) is 10.0. The van der Waals surface area contributed by atoms with Crippen molar-refractivity contribution in [1.82, 2.24) is 5.32 Å². The summed E-state index contributed by atoms with van der Waals surface area (Å²) < 4.78 is 0. The molecule has 2 rings (SSSR count). The molecule has 1 aliphatic heterocycles. The molecule has 0 fully saturated rings. The number of carbonyl (C=O) groups excluding carboxylic acids is 1. The first-order chi connectivity index (χ1) is 8.61. The van der Waals surface area contributed by atoms with Gasteiger partial charge in [0.15, 0.2) is 5.71 Å². The maximum absolute atomic E-state index is 11.9. The number of carbonyl (C=O) groups is 1. The number of hydrogen-bond acceptors (Lipinski definition) is 3.